The van der Waals surface area contributed by atoms with Crippen LogP contribution in [0, 0.1) is 0 Å². The molecule has 0 aliphatic heterocycles. The highest BCUT2D eigenvalue weighted by Crippen LogP contribution is 2.38. The van der Waals surface area contributed by atoms with Crippen molar-refractivity contribution >= 4 is 17.4 Å². The molecular formula is C24H21F3N6O. The zero-order valence-electron chi connectivity index (χ0n) is 18.5. The Kier molecular flexibility index (Phi) is 5.22. The van der Waals surface area contributed by atoms with E-state index in [1.165, 1.54) is 15.5 Å². The first-order valence-corrected chi connectivity index (χ1v) is 10.7. The molecule has 0 atom stereocenters. The van der Waals surface area contributed by atoms with Gasteiger partial charge in [0.1, 0.15) is 11.4 Å². The average Bonchev–Trinajstić information content (AvgIpc) is 3.53. The lowest BCUT2D eigenvalue weighted by Gasteiger charge is -2.11. The summed E-state index contributed by atoms with van der Waals surface area (Å²) in [5.41, 5.74) is 1.64. The Morgan fingerprint density at radius 3 is 2.59 bits per heavy atom. The van der Waals surface area contributed by atoms with Crippen molar-refractivity contribution in [3.05, 3.63) is 66.0 Å². The predicted molar refractivity (Wildman–Crippen MR) is 121 cm³/mol. The number of alkyl halides is 3. The number of pyridine rings is 1. The van der Waals surface area contributed by atoms with Gasteiger partial charge in [0.25, 0.3) is 5.91 Å². The first-order chi connectivity index (χ1) is 16.2. The van der Waals surface area contributed by atoms with Crippen LogP contribution in [0.4, 0.5) is 19.1 Å². The van der Waals surface area contributed by atoms with Crippen LogP contribution in [-0.4, -0.2) is 50.5 Å². The van der Waals surface area contributed by atoms with Crippen molar-refractivity contribution in [2.75, 3.05) is 19.4 Å². The van der Waals surface area contributed by atoms with Crippen molar-refractivity contribution in [3.63, 3.8) is 0 Å². The first kappa shape index (κ1) is 21.9. The molecule has 0 radical (unpaired) electrons. The van der Waals surface area contributed by atoms with Crippen molar-refractivity contribution < 1.29 is 18.0 Å². The number of rotatable bonds is 5. The summed E-state index contributed by atoms with van der Waals surface area (Å²) in [5.74, 6) is 0.156. The minimum Gasteiger partial charge on any atom is -0.351 e. The Morgan fingerprint density at radius 2 is 1.88 bits per heavy atom. The van der Waals surface area contributed by atoms with E-state index >= 15 is 0 Å². The maximum absolute atomic E-state index is 13.4. The second kappa shape index (κ2) is 8.12. The highest BCUT2D eigenvalue weighted by Gasteiger charge is 2.31. The Hall–Kier alpha value is -3.95. The fourth-order valence-electron chi connectivity index (χ4n) is 3.74. The maximum Gasteiger partial charge on any atom is 0.416 e. The summed E-state index contributed by atoms with van der Waals surface area (Å²) >= 11 is 0. The molecule has 1 amide bonds. The third-order valence-electron chi connectivity index (χ3n) is 5.57. The molecule has 3 aromatic heterocycles. The molecule has 0 spiro atoms. The van der Waals surface area contributed by atoms with Crippen LogP contribution in [0.2, 0.25) is 0 Å². The summed E-state index contributed by atoms with van der Waals surface area (Å²) < 4.78 is 41.8. The van der Waals surface area contributed by atoms with E-state index in [9.17, 15) is 18.0 Å². The Labute approximate surface area is 193 Å². The van der Waals surface area contributed by atoms with Crippen LogP contribution < -0.4 is 5.32 Å². The predicted octanol–water partition coefficient (Wildman–Crippen LogP) is 4.75. The van der Waals surface area contributed by atoms with E-state index in [0.29, 0.717) is 34.5 Å². The first-order valence-electron chi connectivity index (χ1n) is 10.7. The number of hydrogen-bond acceptors (Lipinski definition) is 5. The van der Waals surface area contributed by atoms with Gasteiger partial charge in [-0.05, 0) is 43.2 Å². The summed E-state index contributed by atoms with van der Waals surface area (Å²) in [4.78, 5) is 23.1. The van der Waals surface area contributed by atoms with Crippen molar-refractivity contribution in [2.45, 2.75) is 25.1 Å². The maximum atomic E-state index is 13.4. The molecule has 10 heteroatoms. The standard InChI is InChI=1S/C24H21F3N6O/c1-32(2)22(34)19-8-4-7-18-20(17-11-12-28-23(30-17)29-16-9-10-16)21(31-33(18)19)14-5-3-6-15(13-14)24(25,26)27/h3-8,11-13,16H,9-10H2,1-2H3,(H,28,29,30). The fourth-order valence-corrected chi connectivity index (χ4v) is 3.74. The van der Waals surface area contributed by atoms with Gasteiger partial charge in [0.2, 0.25) is 5.95 Å². The van der Waals surface area contributed by atoms with Gasteiger partial charge in [-0.2, -0.15) is 18.3 Å². The van der Waals surface area contributed by atoms with Crippen molar-refractivity contribution in [2.24, 2.45) is 0 Å². The summed E-state index contributed by atoms with van der Waals surface area (Å²) in [6.07, 6.45) is -0.829. The number of nitrogens with zero attached hydrogens (tertiary/aromatic N) is 5. The van der Waals surface area contributed by atoms with Crippen molar-refractivity contribution in [1.82, 2.24) is 24.5 Å². The number of benzene rings is 1. The van der Waals surface area contributed by atoms with E-state index in [-0.39, 0.29) is 17.2 Å². The van der Waals surface area contributed by atoms with Crippen LogP contribution in [0.3, 0.4) is 0 Å². The molecule has 1 fully saturated rings. The molecule has 0 unspecified atom stereocenters. The van der Waals surface area contributed by atoms with E-state index in [0.717, 1.165) is 25.0 Å². The van der Waals surface area contributed by atoms with Crippen LogP contribution in [0.1, 0.15) is 28.9 Å². The van der Waals surface area contributed by atoms with E-state index < -0.39 is 11.7 Å². The topological polar surface area (TPSA) is 75.4 Å². The number of fused-ring (bicyclic) bond motifs is 1. The molecule has 7 nitrogen and oxygen atoms in total. The second-order valence-electron chi connectivity index (χ2n) is 8.39. The quantitative estimate of drug-likeness (QED) is 0.459. The third kappa shape index (κ3) is 4.07. The molecule has 174 valence electrons. The highest BCUT2D eigenvalue weighted by atomic mass is 19.4. The number of hydrogen-bond donors (Lipinski definition) is 1. The largest absolute Gasteiger partial charge is 0.416 e. The summed E-state index contributed by atoms with van der Waals surface area (Å²) in [7, 11) is 3.25. The normalized spacial score (nSPS) is 13.8. The van der Waals surface area contributed by atoms with Gasteiger partial charge in [-0.25, -0.2) is 14.5 Å². The minimum atomic E-state index is -4.50. The van der Waals surface area contributed by atoms with Gasteiger partial charge in [0.15, 0.2) is 0 Å². The van der Waals surface area contributed by atoms with Crippen LogP contribution in [-0.2, 0) is 6.18 Å². The Balaban J connectivity index is 1.76. The summed E-state index contributed by atoms with van der Waals surface area (Å²) in [6.45, 7) is 0. The number of carbonyl (C=O) groups is 1. The minimum absolute atomic E-state index is 0.270. The van der Waals surface area contributed by atoms with Gasteiger partial charge in [0.05, 0.1) is 22.3 Å². The molecule has 1 saturated carbocycles. The number of carbonyl (C=O) groups excluding carboxylic acids is 1. The van der Waals surface area contributed by atoms with Crippen LogP contribution in [0.15, 0.2) is 54.7 Å². The van der Waals surface area contributed by atoms with Gasteiger partial charge in [-0.1, -0.05) is 18.2 Å². The van der Waals surface area contributed by atoms with Crippen molar-refractivity contribution in [1.29, 1.82) is 0 Å². The van der Waals surface area contributed by atoms with Crippen molar-refractivity contribution in [3.8, 4) is 22.5 Å². The Bertz CT molecular complexity index is 1390. The number of nitrogens with one attached hydrogen (secondary N) is 1. The number of anilines is 1. The van der Waals surface area contributed by atoms with Gasteiger partial charge in [0, 0.05) is 31.9 Å². The number of halogens is 3. The lowest BCUT2D eigenvalue weighted by atomic mass is 10.0. The monoisotopic (exact) mass is 466 g/mol. The van der Waals surface area contributed by atoms with E-state index in [1.807, 2.05) is 0 Å². The van der Waals surface area contributed by atoms with Crippen LogP contribution in [0.5, 0.6) is 0 Å². The van der Waals surface area contributed by atoms with Crippen LogP contribution in [0.25, 0.3) is 28.0 Å². The molecule has 0 saturated heterocycles. The smallest absolute Gasteiger partial charge is 0.351 e. The SMILES string of the molecule is CN(C)C(=O)c1cccc2c(-c3ccnc(NC4CC4)n3)c(-c3cccc(C(F)(F)F)c3)nn12. The molecule has 0 bridgehead atoms. The van der Waals surface area contributed by atoms with E-state index in [4.69, 9.17) is 0 Å². The summed E-state index contributed by atoms with van der Waals surface area (Å²) in [6, 6.07) is 12.1. The highest BCUT2D eigenvalue weighted by molar-refractivity contribution is 5.96. The molecule has 5 rings (SSSR count). The number of amides is 1. The fraction of sp³-hybridized carbons (Fsp3) is 0.250. The summed E-state index contributed by atoms with van der Waals surface area (Å²) in [5, 5.41) is 7.85. The molecule has 1 aliphatic carbocycles. The van der Waals surface area contributed by atoms with Crippen LogP contribution >= 0.6 is 0 Å². The van der Waals surface area contributed by atoms with Gasteiger partial charge >= 0.3 is 6.18 Å². The third-order valence-corrected chi connectivity index (χ3v) is 5.57. The molecule has 1 aliphatic rings. The second-order valence-corrected chi connectivity index (χ2v) is 8.39. The molecular weight excluding hydrogens is 445 g/mol. The zero-order chi connectivity index (χ0) is 24.0. The average molecular weight is 466 g/mol. The van der Waals surface area contributed by atoms with Gasteiger partial charge < -0.3 is 10.2 Å². The molecule has 3 heterocycles. The molecule has 1 aromatic carbocycles. The van der Waals surface area contributed by atoms with E-state index in [2.05, 4.69) is 20.4 Å². The van der Waals surface area contributed by atoms with Gasteiger partial charge in [-0.15, -0.1) is 0 Å². The van der Waals surface area contributed by atoms with Gasteiger partial charge in [-0.3, -0.25) is 4.79 Å². The molecule has 1 N–H and O–H groups in total. The van der Waals surface area contributed by atoms with E-state index in [1.54, 1.807) is 50.6 Å². The lowest BCUT2D eigenvalue weighted by molar-refractivity contribution is -0.137. The number of aromatic nitrogens is 4. The molecule has 34 heavy (non-hydrogen) atoms. The zero-order valence-corrected chi connectivity index (χ0v) is 18.5. The molecule has 4 aromatic rings. The lowest BCUT2D eigenvalue weighted by Crippen LogP contribution is -2.24. The Morgan fingerprint density at radius 1 is 1.12 bits per heavy atom.